The number of hydrogen-bond acceptors (Lipinski definition) is 7. The van der Waals surface area contributed by atoms with E-state index in [1.807, 2.05) is 42.5 Å². The highest BCUT2D eigenvalue weighted by Crippen LogP contribution is 2.36. The van der Waals surface area contributed by atoms with Crippen molar-refractivity contribution in [2.24, 2.45) is 0 Å². The third kappa shape index (κ3) is 3.65. The molecule has 3 aromatic rings. The lowest BCUT2D eigenvalue weighted by molar-refractivity contribution is 0.355. The van der Waals surface area contributed by atoms with Crippen LogP contribution in [0.1, 0.15) is 5.56 Å². The highest BCUT2D eigenvalue weighted by atomic mass is 16.5. The van der Waals surface area contributed by atoms with E-state index < -0.39 is 0 Å². The van der Waals surface area contributed by atoms with Gasteiger partial charge in [-0.1, -0.05) is 23.4 Å². The van der Waals surface area contributed by atoms with E-state index >= 15 is 0 Å². The van der Waals surface area contributed by atoms with Crippen LogP contribution in [0.15, 0.2) is 47.0 Å². The van der Waals surface area contributed by atoms with Crippen LogP contribution in [0.4, 0.5) is 6.01 Å². The minimum absolute atomic E-state index is 0.322. The van der Waals surface area contributed by atoms with Crippen LogP contribution in [-0.4, -0.2) is 31.5 Å². The number of nitrogens with zero attached hydrogens (tertiary/aromatic N) is 2. The summed E-state index contributed by atoms with van der Waals surface area (Å²) in [7, 11) is 4.79. The Kier molecular flexibility index (Phi) is 5.03. The highest BCUT2D eigenvalue weighted by Gasteiger charge is 2.16. The molecule has 0 bridgehead atoms. The molecule has 7 heteroatoms. The van der Waals surface area contributed by atoms with Gasteiger partial charge in [-0.15, -0.1) is 0 Å². The van der Waals surface area contributed by atoms with Gasteiger partial charge in [0.25, 0.3) is 0 Å². The van der Waals surface area contributed by atoms with Gasteiger partial charge >= 0.3 is 6.01 Å². The minimum atomic E-state index is 0.322. The van der Waals surface area contributed by atoms with Crippen LogP contribution in [0.5, 0.6) is 17.2 Å². The van der Waals surface area contributed by atoms with E-state index in [2.05, 4.69) is 15.5 Å². The molecule has 0 aliphatic heterocycles. The maximum absolute atomic E-state index is 5.40. The van der Waals surface area contributed by atoms with Crippen molar-refractivity contribution in [1.29, 1.82) is 0 Å². The third-order valence-electron chi connectivity index (χ3n) is 3.65. The number of aromatic nitrogens is 2. The number of ether oxygens (including phenoxy) is 3. The second-order valence-electron chi connectivity index (χ2n) is 5.17. The first-order valence-corrected chi connectivity index (χ1v) is 7.67. The fourth-order valence-corrected chi connectivity index (χ4v) is 2.43. The van der Waals surface area contributed by atoms with Crippen molar-refractivity contribution in [3.8, 4) is 28.6 Å². The van der Waals surface area contributed by atoms with Gasteiger partial charge in [0.15, 0.2) is 11.5 Å². The Morgan fingerprint density at radius 3 is 2.60 bits per heavy atom. The predicted molar refractivity (Wildman–Crippen MR) is 93.2 cm³/mol. The zero-order chi connectivity index (χ0) is 17.6. The number of methoxy groups -OCH3 is 3. The summed E-state index contributed by atoms with van der Waals surface area (Å²) >= 11 is 0. The normalized spacial score (nSPS) is 10.4. The quantitative estimate of drug-likeness (QED) is 0.706. The van der Waals surface area contributed by atoms with Crippen LogP contribution >= 0.6 is 0 Å². The summed E-state index contributed by atoms with van der Waals surface area (Å²) in [5.41, 5.74) is 1.73. The molecule has 130 valence electrons. The zero-order valence-electron chi connectivity index (χ0n) is 14.3. The molecule has 0 radical (unpaired) electrons. The fraction of sp³-hybridized carbons (Fsp3) is 0.222. The largest absolute Gasteiger partial charge is 0.497 e. The summed E-state index contributed by atoms with van der Waals surface area (Å²) < 4.78 is 21.2. The molecule has 3 rings (SSSR count). The summed E-state index contributed by atoms with van der Waals surface area (Å²) in [4.78, 5) is 4.37. The Balaban J connectivity index is 1.76. The molecule has 0 saturated heterocycles. The summed E-state index contributed by atoms with van der Waals surface area (Å²) in [6, 6.07) is 13.6. The topological polar surface area (TPSA) is 78.6 Å². The van der Waals surface area contributed by atoms with Crippen LogP contribution in [0.3, 0.4) is 0 Å². The maximum Gasteiger partial charge on any atom is 0.322 e. The van der Waals surface area contributed by atoms with E-state index in [1.54, 1.807) is 21.3 Å². The first-order chi connectivity index (χ1) is 12.2. The monoisotopic (exact) mass is 341 g/mol. The molecule has 0 atom stereocenters. The maximum atomic E-state index is 5.40. The minimum Gasteiger partial charge on any atom is -0.497 e. The van der Waals surface area contributed by atoms with E-state index in [-0.39, 0.29) is 0 Å². The van der Waals surface area contributed by atoms with E-state index in [4.69, 9.17) is 18.7 Å². The number of benzene rings is 2. The zero-order valence-corrected chi connectivity index (χ0v) is 14.3. The molecule has 0 aliphatic rings. The average molecular weight is 341 g/mol. The average Bonchev–Trinajstić information content (AvgIpc) is 3.14. The molecule has 1 aromatic heterocycles. The Bertz CT molecular complexity index is 848. The van der Waals surface area contributed by atoms with Gasteiger partial charge in [-0.05, 0) is 29.8 Å². The van der Waals surface area contributed by atoms with Gasteiger partial charge in [0.05, 0.1) is 26.9 Å². The van der Waals surface area contributed by atoms with Gasteiger partial charge in [-0.25, -0.2) is 0 Å². The van der Waals surface area contributed by atoms with Crippen molar-refractivity contribution in [2.45, 2.75) is 6.54 Å². The van der Waals surface area contributed by atoms with Crippen LogP contribution in [0.2, 0.25) is 0 Å². The second kappa shape index (κ2) is 7.57. The number of anilines is 1. The number of hydrogen-bond donors (Lipinski definition) is 1. The lowest BCUT2D eigenvalue weighted by Crippen LogP contribution is -2.00. The molecular formula is C18H19N3O4. The van der Waals surface area contributed by atoms with Crippen molar-refractivity contribution >= 4 is 6.01 Å². The van der Waals surface area contributed by atoms with Gasteiger partial charge in [-0.3, -0.25) is 0 Å². The summed E-state index contributed by atoms with van der Waals surface area (Å²) in [5, 5.41) is 7.11. The second-order valence-corrected chi connectivity index (χ2v) is 5.17. The van der Waals surface area contributed by atoms with Gasteiger partial charge in [0.1, 0.15) is 5.75 Å². The van der Waals surface area contributed by atoms with Crippen molar-refractivity contribution in [3.63, 3.8) is 0 Å². The lowest BCUT2D eigenvalue weighted by atomic mass is 10.2. The molecule has 0 fully saturated rings. The van der Waals surface area contributed by atoms with E-state index in [0.717, 1.165) is 11.3 Å². The molecular weight excluding hydrogens is 322 g/mol. The van der Waals surface area contributed by atoms with E-state index in [9.17, 15) is 0 Å². The molecule has 1 heterocycles. The molecule has 0 aliphatic carbocycles. The van der Waals surface area contributed by atoms with Crippen LogP contribution in [0, 0.1) is 0 Å². The van der Waals surface area contributed by atoms with Gasteiger partial charge < -0.3 is 24.1 Å². The van der Waals surface area contributed by atoms with Crippen LogP contribution in [0.25, 0.3) is 11.4 Å². The molecule has 1 N–H and O–H groups in total. The first kappa shape index (κ1) is 16.6. The number of rotatable bonds is 7. The summed E-state index contributed by atoms with van der Waals surface area (Å²) in [6.07, 6.45) is 0. The standard InChI is InChI=1S/C18H19N3O4/c1-22-13-7-4-6-12(10-13)11-19-18-20-17(21-25-18)14-8-5-9-15(23-2)16(14)24-3/h4-10H,11H2,1-3H3,(H,19,20,21). The molecule has 25 heavy (non-hydrogen) atoms. The summed E-state index contributed by atoms with van der Waals surface area (Å²) in [5.74, 6) is 2.39. The van der Waals surface area contributed by atoms with Crippen molar-refractivity contribution < 1.29 is 18.7 Å². The fourth-order valence-electron chi connectivity index (χ4n) is 2.43. The molecule has 0 saturated carbocycles. The molecule has 7 nitrogen and oxygen atoms in total. The molecule has 0 amide bonds. The smallest absolute Gasteiger partial charge is 0.322 e. The predicted octanol–water partition coefficient (Wildman–Crippen LogP) is 3.37. The van der Waals surface area contributed by atoms with Crippen LogP contribution < -0.4 is 19.5 Å². The van der Waals surface area contributed by atoms with Crippen molar-refractivity contribution in [2.75, 3.05) is 26.6 Å². The molecule has 0 spiro atoms. The third-order valence-corrected chi connectivity index (χ3v) is 3.65. The SMILES string of the molecule is COc1cccc(CNc2nc(-c3cccc(OC)c3OC)no2)c1. The summed E-state index contributed by atoms with van der Waals surface area (Å²) in [6.45, 7) is 0.536. The van der Waals surface area contributed by atoms with E-state index in [0.29, 0.717) is 35.4 Å². The Hall–Kier alpha value is -3.22. The molecule has 0 unspecified atom stereocenters. The number of nitrogens with one attached hydrogen (secondary N) is 1. The highest BCUT2D eigenvalue weighted by molar-refractivity contribution is 5.68. The van der Waals surface area contributed by atoms with Crippen molar-refractivity contribution in [3.05, 3.63) is 48.0 Å². The molecule has 2 aromatic carbocycles. The van der Waals surface area contributed by atoms with Gasteiger partial charge in [-0.2, -0.15) is 4.98 Å². The van der Waals surface area contributed by atoms with E-state index in [1.165, 1.54) is 0 Å². The lowest BCUT2D eigenvalue weighted by Gasteiger charge is -2.09. The van der Waals surface area contributed by atoms with Crippen molar-refractivity contribution in [1.82, 2.24) is 10.1 Å². The first-order valence-electron chi connectivity index (χ1n) is 7.67. The Morgan fingerprint density at radius 1 is 1.00 bits per heavy atom. The van der Waals surface area contributed by atoms with Gasteiger partial charge in [0.2, 0.25) is 5.82 Å². The Morgan fingerprint density at radius 2 is 1.84 bits per heavy atom. The van der Waals surface area contributed by atoms with Crippen LogP contribution in [-0.2, 0) is 6.54 Å². The number of para-hydroxylation sites is 1. The van der Waals surface area contributed by atoms with Gasteiger partial charge in [0, 0.05) is 6.54 Å². The Labute approximate surface area is 145 Å².